The minimum absolute atomic E-state index is 0.00532. The highest BCUT2D eigenvalue weighted by molar-refractivity contribution is 5.80. The lowest BCUT2D eigenvalue weighted by molar-refractivity contribution is -0.141. The van der Waals surface area contributed by atoms with Crippen molar-refractivity contribution in [3.05, 3.63) is 59.7 Å². The van der Waals surface area contributed by atoms with E-state index in [4.69, 9.17) is 9.47 Å². The number of fused-ring (bicyclic) bond motifs is 3. The first kappa shape index (κ1) is 16.1. The maximum atomic E-state index is 11.8. The summed E-state index contributed by atoms with van der Waals surface area (Å²) in [7, 11) is 0. The molecule has 0 saturated carbocycles. The van der Waals surface area contributed by atoms with Gasteiger partial charge in [-0.3, -0.25) is 4.79 Å². The van der Waals surface area contributed by atoms with Crippen LogP contribution >= 0.6 is 0 Å². The van der Waals surface area contributed by atoms with Crippen molar-refractivity contribution in [1.29, 1.82) is 0 Å². The van der Waals surface area contributed by atoms with Gasteiger partial charge in [0.2, 0.25) is 0 Å². The fraction of sp³-hybridized carbons (Fsp3) is 0.263. The van der Waals surface area contributed by atoms with E-state index in [-0.39, 0.29) is 25.7 Å². The number of esters is 1. The van der Waals surface area contributed by atoms with Crippen molar-refractivity contribution < 1.29 is 19.1 Å². The SMILES string of the molecule is CCOC(=O)CNC(=O)OCC1c2ccccc2-c2ccccc21. The molecule has 2 aromatic carbocycles. The summed E-state index contributed by atoms with van der Waals surface area (Å²) in [4.78, 5) is 23.0. The number of hydrogen-bond donors (Lipinski definition) is 1. The summed E-state index contributed by atoms with van der Waals surface area (Å²) in [5, 5.41) is 2.40. The number of carbonyl (C=O) groups is 2. The average molecular weight is 325 g/mol. The van der Waals surface area contributed by atoms with Crippen molar-refractivity contribution in [1.82, 2.24) is 5.32 Å². The summed E-state index contributed by atoms with van der Waals surface area (Å²) >= 11 is 0. The van der Waals surface area contributed by atoms with Crippen molar-refractivity contribution in [2.24, 2.45) is 0 Å². The topological polar surface area (TPSA) is 64.6 Å². The third-order valence-electron chi connectivity index (χ3n) is 4.03. The van der Waals surface area contributed by atoms with Gasteiger partial charge in [0.1, 0.15) is 13.2 Å². The molecular formula is C19H19NO4. The van der Waals surface area contributed by atoms with Crippen LogP contribution in [0.25, 0.3) is 11.1 Å². The zero-order chi connectivity index (χ0) is 16.9. The molecule has 0 radical (unpaired) electrons. The normalized spacial score (nSPS) is 12.2. The lowest BCUT2D eigenvalue weighted by Crippen LogP contribution is -2.32. The molecular weight excluding hydrogens is 306 g/mol. The van der Waals surface area contributed by atoms with Crippen molar-refractivity contribution in [2.45, 2.75) is 12.8 Å². The van der Waals surface area contributed by atoms with Gasteiger partial charge >= 0.3 is 12.1 Å². The predicted molar refractivity (Wildman–Crippen MR) is 89.7 cm³/mol. The molecule has 0 fully saturated rings. The second kappa shape index (κ2) is 7.17. The highest BCUT2D eigenvalue weighted by Crippen LogP contribution is 2.44. The monoisotopic (exact) mass is 325 g/mol. The van der Waals surface area contributed by atoms with Gasteiger partial charge in [-0.2, -0.15) is 0 Å². The van der Waals surface area contributed by atoms with E-state index in [0.717, 1.165) is 11.1 Å². The van der Waals surface area contributed by atoms with E-state index in [1.807, 2.05) is 24.3 Å². The molecule has 0 heterocycles. The Morgan fingerprint density at radius 2 is 1.54 bits per heavy atom. The van der Waals surface area contributed by atoms with E-state index >= 15 is 0 Å². The summed E-state index contributed by atoms with van der Waals surface area (Å²) in [6.45, 7) is 2.03. The second-order valence-electron chi connectivity index (χ2n) is 5.48. The lowest BCUT2D eigenvalue weighted by Gasteiger charge is -2.14. The molecule has 0 aliphatic heterocycles. The van der Waals surface area contributed by atoms with E-state index in [2.05, 4.69) is 29.6 Å². The maximum absolute atomic E-state index is 11.8. The lowest BCUT2D eigenvalue weighted by atomic mass is 9.98. The maximum Gasteiger partial charge on any atom is 0.407 e. The largest absolute Gasteiger partial charge is 0.465 e. The quantitative estimate of drug-likeness (QED) is 0.858. The Bertz CT molecular complexity index is 711. The van der Waals surface area contributed by atoms with E-state index < -0.39 is 12.1 Å². The molecule has 1 aliphatic carbocycles. The van der Waals surface area contributed by atoms with E-state index in [0.29, 0.717) is 0 Å². The number of amides is 1. The van der Waals surface area contributed by atoms with Gasteiger partial charge in [-0.05, 0) is 29.2 Å². The van der Waals surface area contributed by atoms with Crippen molar-refractivity contribution in [3.63, 3.8) is 0 Å². The van der Waals surface area contributed by atoms with Gasteiger partial charge in [0.15, 0.2) is 0 Å². The molecule has 0 atom stereocenters. The van der Waals surface area contributed by atoms with Crippen molar-refractivity contribution in [2.75, 3.05) is 19.8 Å². The second-order valence-corrected chi connectivity index (χ2v) is 5.48. The van der Waals surface area contributed by atoms with Gasteiger partial charge in [-0.15, -0.1) is 0 Å². The smallest absolute Gasteiger partial charge is 0.407 e. The third kappa shape index (κ3) is 3.25. The molecule has 0 bridgehead atoms. The van der Waals surface area contributed by atoms with Gasteiger partial charge in [-0.25, -0.2) is 4.79 Å². The van der Waals surface area contributed by atoms with Crippen LogP contribution in [0.4, 0.5) is 4.79 Å². The van der Waals surface area contributed by atoms with Gasteiger partial charge in [0, 0.05) is 5.92 Å². The average Bonchev–Trinajstić information content (AvgIpc) is 2.92. The van der Waals surface area contributed by atoms with Crippen molar-refractivity contribution >= 4 is 12.1 Å². The van der Waals surface area contributed by atoms with Crippen LogP contribution in [0.1, 0.15) is 24.0 Å². The van der Waals surface area contributed by atoms with Gasteiger partial charge in [0.05, 0.1) is 6.61 Å². The van der Waals surface area contributed by atoms with E-state index in [1.54, 1.807) is 6.92 Å². The number of hydrogen-bond acceptors (Lipinski definition) is 4. The van der Waals surface area contributed by atoms with Crippen LogP contribution < -0.4 is 5.32 Å². The molecule has 0 unspecified atom stereocenters. The minimum Gasteiger partial charge on any atom is -0.465 e. The van der Waals surface area contributed by atoms with Crippen LogP contribution in [0, 0.1) is 0 Å². The highest BCUT2D eigenvalue weighted by Gasteiger charge is 2.28. The molecule has 5 heteroatoms. The Hall–Kier alpha value is -2.82. The van der Waals surface area contributed by atoms with Crippen LogP contribution in [0.3, 0.4) is 0 Å². The van der Waals surface area contributed by atoms with Crippen LogP contribution in [-0.2, 0) is 14.3 Å². The Kier molecular flexibility index (Phi) is 4.79. The molecule has 24 heavy (non-hydrogen) atoms. The Morgan fingerprint density at radius 1 is 0.958 bits per heavy atom. The van der Waals surface area contributed by atoms with Gasteiger partial charge < -0.3 is 14.8 Å². The molecule has 124 valence electrons. The standard InChI is InChI=1S/C19H19NO4/c1-2-23-18(21)11-20-19(22)24-12-17-15-9-5-3-7-13(15)14-8-4-6-10-16(14)17/h3-10,17H,2,11-12H2,1H3,(H,20,22). The Labute approximate surface area is 140 Å². The number of carbonyl (C=O) groups excluding carboxylic acids is 2. The molecule has 3 rings (SSSR count). The fourth-order valence-electron chi connectivity index (χ4n) is 3.01. The predicted octanol–water partition coefficient (Wildman–Crippen LogP) is 3.09. The van der Waals surface area contributed by atoms with E-state index in [9.17, 15) is 9.59 Å². The first-order chi connectivity index (χ1) is 11.7. The summed E-state index contributed by atoms with van der Waals surface area (Å²) in [6, 6.07) is 16.2. The van der Waals surface area contributed by atoms with Crippen molar-refractivity contribution in [3.8, 4) is 11.1 Å². The summed E-state index contributed by atoms with van der Waals surface area (Å²) < 4.78 is 10.1. The summed E-state index contributed by atoms with van der Waals surface area (Å²) in [5.74, 6) is -0.475. The zero-order valence-corrected chi connectivity index (χ0v) is 13.5. The Balaban J connectivity index is 1.65. The first-order valence-corrected chi connectivity index (χ1v) is 7.95. The minimum atomic E-state index is -0.620. The molecule has 0 spiro atoms. The molecule has 2 aromatic rings. The van der Waals surface area contributed by atoms with Gasteiger partial charge in [-0.1, -0.05) is 48.5 Å². The summed E-state index contributed by atoms with van der Waals surface area (Å²) in [5.41, 5.74) is 4.65. The first-order valence-electron chi connectivity index (χ1n) is 7.95. The molecule has 0 saturated heterocycles. The number of alkyl carbamates (subject to hydrolysis) is 1. The Morgan fingerprint density at radius 3 is 2.12 bits per heavy atom. The van der Waals surface area contributed by atoms with Crippen LogP contribution in [0.5, 0.6) is 0 Å². The molecule has 0 aromatic heterocycles. The fourth-order valence-corrected chi connectivity index (χ4v) is 3.01. The number of nitrogens with one attached hydrogen (secondary N) is 1. The molecule has 1 N–H and O–H groups in total. The summed E-state index contributed by atoms with van der Waals surface area (Å²) in [6.07, 6.45) is -0.620. The molecule has 1 aliphatic rings. The third-order valence-corrected chi connectivity index (χ3v) is 4.03. The number of ether oxygens (including phenoxy) is 2. The van der Waals surface area contributed by atoms with Crippen LogP contribution in [0.15, 0.2) is 48.5 Å². The zero-order valence-electron chi connectivity index (χ0n) is 13.5. The van der Waals surface area contributed by atoms with Crippen LogP contribution in [-0.4, -0.2) is 31.8 Å². The van der Waals surface area contributed by atoms with Crippen LogP contribution in [0.2, 0.25) is 0 Å². The highest BCUT2D eigenvalue weighted by atomic mass is 16.6. The van der Waals surface area contributed by atoms with E-state index in [1.165, 1.54) is 11.1 Å². The molecule has 1 amide bonds. The number of benzene rings is 2. The number of rotatable bonds is 5. The molecule has 5 nitrogen and oxygen atoms in total. The van der Waals surface area contributed by atoms with Gasteiger partial charge in [0.25, 0.3) is 0 Å².